The molecule has 0 radical (unpaired) electrons. The van der Waals surface area contributed by atoms with Gasteiger partial charge in [-0.3, -0.25) is 9.10 Å². The third-order valence-electron chi connectivity index (χ3n) is 3.16. The molecular formula is C17H17BrFNO4S. The van der Waals surface area contributed by atoms with Gasteiger partial charge in [-0.05, 0) is 66.2 Å². The van der Waals surface area contributed by atoms with Gasteiger partial charge < -0.3 is 4.74 Å². The Hall–Kier alpha value is -1.93. The number of para-hydroxylation sites is 1. The van der Waals surface area contributed by atoms with Crippen molar-refractivity contribution < 1.29 is 22.3 Å². The minimum atomic E-state index is -4.09. The summed E-state index contributed by atoms with van der Waals surface area (Å²) in [6, 6.07) is 11.0. The van der Waals surface area contributed by atoms with Crippen molar-refractivity contribution in [2.75, 3.05) is 10.8 Å². The summed E-state index contributed by atoms with van der Waals surface area (Å²) in [7, 11) is -4.09. The molecule has 0 aromatic heterocycles. The van der Waals surface area contributed by atoms with E-state index in [2.05, 4.69) is 15.9 Å². The fraction of sp³-hybridized carbons (Fsp3) is 0.235. The van der Waals surface area contributed by atoms with Crippen molar-refractivity contribution in [1.82, 2.24) is 0 Å². The smallest absolute Gasteiger partial charge is 0.327 e. The van der Waals surface area contributed by atoms with E-state index in [1.54, 1.807) is 38.1 Å². The summed E-state index contributed by atoms with van der Waals surface area (Å²) in [5.41, 5.74) is 0.285. The molecule has 0 aliphatic rings. The van der Waals surface area contributed by atoms with E-state index in [9.17, 15) is 17.6 Å². The first-order valence-corrected chi connectivity index (χ1v) is 9.67. The summed E-state index contributed by atoms with van der Waals surface area (Å²) in [4.78, 5) is 12.0. The van der Waals surface area contributed by atoms with Gasteiger partial charge in [-0.25, -0.2) is 12.8 Å². The highest BCUT2D eigenvalue weighted by Gasteiger charge is 2.29. The molecule has 0 aliphatic carbocycles. The van der Waals surface area contributed by atoms with E-state index in [0.29, 0.717) is 4.47 Å². The highest BCUT2D eigenvalue weighted by Crippen LogP contribution is 2.30. The molecule has 0 bridgehead atoms. The fourth-order valence-electron chi connectivity index (χ4n) is 2.10. The summed E-state index contributed by atoms with van der Waals surface area (Å²) in [6.45, 7) is 2.85. The van der Waals surface area contributed by atoms with Crippen LogP contribution in [0.5, 0.6) is 0 Å². The first-order valence-electron chi connectivity index (χ1n) is 7.44. The number of carbonyl (C=O) groups is 1. The second-order valence-corrected chi connectivity index (χ2v) is 8.17. The average Bonchev–Trinajstić information content (AvgIpc) is 2.53. The van der Waals surface area contributed by atoms with Gasteiger partial charge in [0.15, 0.2) is 0 Å². The predicted octanol–water partition coefficient (Wildman–Crippen LogP) is 3.74. The maximum atomic E-state index is 13.1. The van der Waals surface area contributed by atoms with Gasteiger partial charge in [-0.1, -0.05) is 12.1 Å². The van der Waals surface area contributed by atoms with E-state index < -0.39 is 28.4 Å². The molecular weight excluding hydrogens is 413 g/mol. The number of carbonyl (C=O) groups excluding carboxylic acids is 1. The van der Waals surface area contributed by atoms with Gasteiger partial charge in [0.2, 0.25) is 0 Å². The average molecular weight is 430 g/mol. The van der Waals surface area contributed by atoms with Gasteiger partial charge in [0.05, 0.1) is 16.7 Å². The maximum absolute atomic E-state index is 13.1. The zero-order chi connectivity index (χ0) is 18.6. The number of rotatable bonds is 6. The summed E-state index contributed by atoms with van der Waals surface area (Å²) in [5, 5.41) is 0. The highest BCUT2D eigenvalue weighted by atomic mass is 79.9. The molecule has 0 amide bonds. The second-order valence-electron chi connectivity index (χ2n) is 5.46. The Morgan fingerprint density at radius 2 is 1.76 bits per heavy atom. The van der Waals surface area contributed by atoms with E-state index in [1.165, 1.54) is 0 Å². The standard InChI is InChI=1S/C17H17BrFNO4S/c1-12(2)24-17(21)11-20(16-6-4-3-5-15(16)18)25(22,23)14-9-7-13(19)8-10-14/h3-10,12H,11H2,1-2H3. The molecule has 0 unspecified atom stereocenters. The molecule has 0 fully saturated rings. The molecule has 2 rings (SSSR count). The van der Waals surface area contributed by atoms with Crippen LogP contribution in [0.25, 0.3) is 0 Å². The van der Waals surface area contributed by atoms with Crippen LogP contribution in [-0.2, 0) is 19.6 Å². The van der Waals surface area contributed by atoms with Crippen molar-refractivity contribution in [3.8, 4) is 0 Å². The van der Waals surface area contributed by atoms with Crippen LogP contribution in [-0.4, -0.2) is 27.0 Å². The van der Waals surface area contributed by atoms with Crippen LogP contribution in [0.3, 0.4) is 0 Å². The predicted molar refractivity (Wildman–Crippen MR) is 96.3 cm³/mol. The molecule has 0 N–H and O–H groups in total. The lowest BCUT2D eigenvalue weighted by atomic mass is 10.3. The number of sulfonamides is 1. The summed E-state index contributed by atoms with van der Waals surface area (Å²) < 4.78 is 45.6. The Labute approximate surface area is 154 Å². The van der Waals surface area contributed by atoms with Crippen molar-refractivity contribution in [2.24, 2.45) is 0 Å². The summed E-state index contributed by atoms with van der Waals surface area (Å²) in [5.74, 6) is -1.23. The van der Waals surface area contributed by atoms with Crippen LogP contribution in [0.15, 0.2) is 57.9 Å². The Kier molecular flexibility index (Phi) is 6.18. The Balaban J connectivity index is 2.48. The van der Waals surface area contributed by atoms with E-state index in [0.717, 1.165) is 28.6 Å². The number of anilines is 1. The van der Waals surface area contributed by atoms with Crippen LogP contribution in [0.1, 0.15) is 13.8 Å². The van der Waals surface area contributed by atoms with Crippen molar-refractivity contribution in [3.05, 3.63) is 58.8 Å². The number of benzene rings is 2. The van der Waals surface area contributed by atoms with Crippen molar-refractivity contribution in [2.45, 2.75) is 24.8 Å². The van der Waals surface area contributed by atoms with Crippen LogP contribution in [0, 0.1) is 5.82 Å². The van der Waals surface area contributed by atoms with Gasteiger partial charge in [0.1, 0.15) is 12.4 Å². The monoisotopic (exact) mass is 429 g/mol. The molecule has 0 heterocycles. The number of ether oxygens (including phenoxy) is 1. The molecule has 0 aliphatic heterocycles. The Morgan fingerprint density at radius 1 is 1.16 bits per heavy atom. The number of nitrogens with zero attached hydrogens (tertiary/aromatic N) is 1. The molecule has 0 spiro atoms. The maximum Gasteiger partial charge on any atom is 0.327 e. The third-order valence-corrected chi connectivity index (χ3v) is 5.61. The van der Waals surface area contributed by atoms with Crippen LogP contribution in [0.2, 0.25) is 0 Å². The van der Waals surface area contributed by atoms with E-state index in [1.807, 2.05) is 0 Å². The molecule has 0 atom stereocenters. The number of esters is 1. The van der Waals surface area contributed by atoms with Gasteiger partial charge in [0.25, 0.3) is 10.0 Å². The lowest BCUT2D eigenvalue weighted by Crippen LogP contribution is -2.37. The van der Waals surface area contributed by atoms with Crippen molar-refractivity contribution >= 4 is 37.6 Å². The molecule has 25 heavy (non-hydrogen) atoms. The van der Waals surface area contributed by atoms with Gasteiger partial charge in [0, 0.05) is 4.47 Å². The first-order chi connectivity index (χ1) is 11.7. The molecule has 2 aromatic carbocycles. The van der Waals surface area contributed by atoms with Crippen molar-refractivity contribution in [1.29, 1.82) is 0 Å². The second kappa shape index (κ2) is 7.97. The lowest BCUT2D eigenvalue weighted by molar-refractivity contribution is -0.145. The fourth-order valence-corrected chi connectivity index (χ4v) is 4.15. The topological polar surface area (TPSA) is 63.7 Å². The summed E-state index contributed by atoms with van der Waals surface area (Å²) >= 11 is 3.30. The molecule has 0 saturated heterocycles. The van der Waals surface area contributed by atoms with Crippen LogP contribution in [0.4, 0.5) is 10.1 Å². The minimum absolute atomic E-state index is 0.123. The van der Waals surface area contributed by atoms with Crippen molar-refractivity contribution in [3.63, 3.8) is 0 Å². The number of hydrogen-bond acceptors (Lipinski definition) is 4. The number of hydrogen-bond donors (Lipinski definition) is 0. The molecule has 2 aromatic rings. The van der Waals surface area contributed by atoms with Gasteiger partial charge in [-0.2, -0.15) is 0 Å². The quantitative estimate of drug-likeness (QED) is 0.656. The molecule has 5 nitrogen and oxygen atoms in total. The lowest BCUT2D eigenvalue weighted by Gasteiger charge is -2.25. The third kappa shape index (κ3) is 4.79. The van der Waals surface area contributed by atoms with E-state index in [-0.39, 0.29) is 16.7 Å². The van der Waals surface area contributed by atoms with E-state index in [4.69, 9.17) is 4.74 Å². The molecule has 134 valence electrons. The number of halogens is 2. The van der Waals surface area contributed by atoms with Gasteiger partial charge >= 0.3 is 5.97 Å². The zero-order valence-corrected chi connectivity index (χ0v) is 16.1. The van der Waals surface area contributed by atoms with E-state index >= 15 is 0 Å². The normalized spacial score (nSPS) is 11.4. The Bertz CT molecular complexity index is 853. The first kappa shape index (κ1) is 19.4. The Morgan fingerprint density at radius 3 is 2.32 bits per heavy atom. The molecule has 0 saturated carbocycles. The molecule has 8 heteroatoms. The largest absolute Gasteiger partial charge is 0.462 e. The zero-order valence-electron chi connectivity index (χ0n) is 13.6. The minimum Gasteiger partial charge on any atom is -0.462 e. The SMILES string of the molecule is CC(C)OC(=O)CN(c1ccccc1Br)S(=O)(=O)c1ccc(F)cc1. The van der Waals surface area contributed by atoms with Crippen LogP contribution >= 0.6 is 15.9 Å². The highest BCUT2D eigenvalue weighted by molar-refractivity contribution is 9.10. The summed E-state index contributed by atoms with van der Waals surface area (Å²) in [6.07, 6.45) is -0.373. The van der Waals surface area contributed by atoms with Crippen LogP contribution < -0.4 is 4.31 Å². The van der Waals surface area contributed by atoms with Gasteiger partial charge in [-0.15, -0.1) is 0 Å².